The number of hydrogen-bond acceptors (Lipinski definition) is 4. The zero-order valence-electron chi connectivity index (χ0n) is 14.1. The van der Waals surface area contributed by atoms with Crippen molar-refractivity contribution in [1.29, 1.82) is 0 Å². The summed E-state index contributed by atoms with van der Waals surface area (Å²) in [5.74, 6) is 1.92. The quantitative estimate of drug-likeness (QED) is 0.899. The topological polar surface area (TPSA) is 59.6 Å². The van der Waals surface area contributed by atoms with E-state index in [-0.39, 0.29) is 11.8 Å². The van der Waals surface area contributed by atoms with Crippen LogP contribution in [0.2, 0.25) is 0 Å². The highest BCUT2D eigenvalue weighted by atomic mass is 16.5. The second-order valence-corrected chi connectivity index (χ2v) is 6.46. The Morgan fingerprint density at radius 1 is 1.08 bits per heavy atom. The van der Waals surface area contributed by atoms with E-state index in [0.717, 1.165) is 35.7 Å². The summed E-state index contributed by atoms with van der Waals surface area (Å²) in [5.41, 5.74) is 3.21. The Morgan fingerprint density at radius 2 is 1.96 bits per heavy atom. The molecule has 130 valence electrons. The molecule has 25 heavy (non-hydrogen) atoms. The number of anilines is 1. The van der Waals surface area contributed by atoms with Gasteiger partial charge in [0.05, 0.1) is 13.2 Å². The van der Waals surface area contributed by atoms with Crippen molar-refractivity contribution in [3.05, 3.63) is 53.6 Å². The summed E-state index contributed by atoms with van der Waals surface area (Å²) in [4.78, 5) is 11.9. The molecule has 2 aliphatic rings. The molecule has 5 heteroatoms. The van der Waals surface area contributed by atoms with E-state index in [0.29, 0.717) is 26.2 Å². The Bertz CT molecular complexity index is 775. The fraction of sp³-hybridized carbons (Fsp3) is 0.350. The van der Waals surface area contributed by atoms with Crippen molar-refractivity contribution in [2.24, 2.45) is 0 Å². The summed E-state index contributed by atoms with van der Waals surface area (Å²) in [7, 11) is 0. The van der Waals surface area contributed by atoms with Crippen molar-refractivity contribution in [3.8, 4) is 11.5 Å². The molecule has 0 fully saturated rings. The average Bonchev–Trinajstić information content (AvgIpc) is 2.87. The van der Waals surface area contributed by atoms with E-state index in [2.05, 4.69) is 22.8 Å². The van der Waals surface area contributed by atoms with Gasteiger partial charge in [0.2, 0.25) is 5.91 Å². The molecule has 0 aromatic heterocycles. The van der Waals surface area contributed by atoms with Gasteiger partial charge in [0.25, 0.3) is 0 Å². The molecule has 2 aromatic rings. The van der Waals surface area contributed by atoms with Gasteiger partial charge in [0.1, 0.15) is 0 Å². The van der Waals surface area contributed by atoms with Crippen LogP contribution in [-0.4, -0.2) is 25.7 Å². The summed E-state index contributed by atoms with van der Waals surface area (Å²) < 4.78 is 11.6. The highest BCUT2D eigenvalue weighted by Gasteiger charge is 2.24. The van der Waals surface area contributed by atoms with Crippen LogP contribution in [0.25, 0.3) is 0 Å². The number of fused-ring (bicyclic) bond motifs is 2. The number of hydrogen-bond donors (Lipinski definition) is 2. The first kappa shape index (κ1) is 16.0. The smallest absolute Gasteiger partial charge is 0.225 e. The monoisotopic (exact) mass is 338 g/mol. The maximum atomic E-state index is 11.9. The first-order valence-electron chi connectivity index (χ1n) is 8.78. The summed E-state index contributed by atoms with van der Waals surface area (Å²) >= 11 is 0. The molecule has 0 saturated carbocycles. The Labute approximate surface area is 147 Å². The van der Waals surface area contributed by atoms with E-state index >= 15 is 0 Å². The molecule has 1 amide bonds. The van der Waals surface area contributed by atoms with E-state index in [4.69, 9.17) is 9.47 Å². The number of carbonyl (C=O) groups excluding carboxylic acids is 1. The minimum Gasteiger partial charge on any atom is -0.490 e. The number of amides is 1. The lowest BCUT2D eigenvalue weighted by atomic mass is 9.90. The van der Waals surface area contributed by atoms with Crippen LogP contribution >= 0.6 is 0 Å². The molecule has 0 saturated heterocycles. The van der Waals surface area contributed by atoms with Crippen molar-refractivity contribution in [1.82, 2.24) is 5.32 Å². The number of benzene rings is 2. The van der Waals surface area contributed by atoms with Gasteiger partial charge in [-0.2, -0.15) is 0 Å². The molecule has 2 N–H and O–H groups in total. The number of nitrogens with one attached hydrogen (secondary N) is 2. The highest BCUT2D eigenvalue weighted by Crippen LogP contribution is 2.34. The molecule has 4 rings (SSSR count). The first-order chi connectivity index (χ1) is 12.3. The summed E-state index contributed by atoms with van der Waals surface area (Å²) in [5, 5.41) is 6.43. The predicted molar refractivity (Wildman–Crippen MR) is 96.2 cm³/mol. The van der Waals surface area contributed by atoms with Crippen LogP contribution in [-0.2, 0) is 11.3 Å². The van der Waals surface area contributed by atoms with Crippen LogP contribution < -0.4 is 20.1 Å². The van der Waals surface area contributed by atoms with E-state index in [1.54, 1.807) is 0 Å². The van der Waals surface area contributed by atoms with Crippen LogP contribution in [0.15, 0.2) is 42.5 Å². The molecule has 0 bridgehead atoms. The standard InChI is InChI=1S/C20H22N2O3/c23-19-11-15(16-6-1-2-7-17(16)22-19)13-21-12-14-5-3-8-18-20(14)25-10-4-9-24-18/h1-3,5-8,15,21H,4,9-13H2,(H,22,23)/t15-/m1/s1. The fourth-order valence-electron chi connectivity index (χ4n) is 3.46. The zero-order valence-corrected chi connectivity index (χ0v) is 14.1. The lowest BCUT2D eigenvalue weighted by Gasteiger charge is -2.26. The summed E-state index contributed by atoms with van der Waals surface area (Å²) in [6.07, 6.45) is 1.41. The van der Waals surface area contributed by atoms with Gasteiger partial charge in [0.15, 0.2) is 11.5 Å². The van der Waals surface area contributed by atoms with Crippen molar-refractivity contribution >= 4 is 11.6 Å². The van der Waals surface area contributed by atoms with Gasteiger partial charge >= 0.3 is 0 Å². The lowest BCUT2D eigenvalue weighted by Crippen LogP contribution is -2.29. The van der Waals surface area contributed by atoms with E-state index < -0.39 is 0 Å². The third-order valence-electron chi connectivity index (χ3n) is 4.67. The highest BCUT2D eigenvalue weighted by molar-refractivity contribution is 5.94. The molecule has 5 nitrogen and oxygen atoms in total. The molecular formula is C20H22N2O3. The molecule has 0 aliphatic carbocycles. The summed E-state index contributed by atoms with van der Waals surface area (Å²) in [6, 6.07) is 14.0. The SMILES string of the molecule is O=C1C[C@H](CNCc2cccc3c2OCCCO3)c2ccccc2N1. The molecule has 1 atom stereocenters. The number of ether oxygens (including phenoxy) is 2. The Hall–Kier alpha value is -2.53. The lowest BCUT2D eigenvalue weighted by molar-refractivity contribution is -0.116. The van der Waals surface area contributed by atoms with Gasteiger partial charge in [0, 0.05) is 43.1 Å². The average molecular weight is 338 g/mol. The molecule has 0 unspecified atom stereocenters. The Balaban J connectivity index is 1.44. The molecule has 2 aliphatic heterocycles. The van der Waals surface area contributed by atoms with Gasteiger partial charge in [-0.1, -0.05) is 30.3 Å². The molecule has 0 radical (unpaired) electrons. The van der Waals surface area contributed by atoms with Gasteiger partial charge < -0.3 is 20.1 Å². The second kappa shape index (κ2) is 7.15. The van der Waals surface area contributed by atoms with Crippen LogP contribution in [0.4, 0.5) is 5.69 Å². The third kappa shape index (κ3) is 3.46. The van der Waals surface area contributed by atoms with Crippen molar-refractivity contribution in [2.75, 3.05) is 25.1 Å². The minimum atomic E-state index is 0.0795. The summed E-state index contributed by atoms with van der Waals surface area (Å²) in [6.45, 7) is 2.81. The zero-order chi connectivity index (χ0) is 17.1. The van der Waals surface area contributed by atoms with Gasteiger partial charge in [-0.3, -0.25) is 4.79 Å². The Morgan fingerprint density at radius 3 is 2.92 bits per heavy atom. The Kier molecular flexibility index (Phi) is 4.57. The maximum absolute atomic E-state index is 11.9. The van der Waals surface area contributed by atoms with Crippen molar-refractivity contribution in [3.63, 3.8) is 0 Å². The van der Waals surface area contributed by atoms with E-state index in [1.165, 1.54) is 5.56 Å². The van der Waals surface area contributed by atoms with Crippen LogP contribution in [0.1, 0.15) is 29.9 Å². The van der Waals surface area contributed by atoms with Crippen molar-refractivity contribution < 1.29 is 14.3 Å². The van der Waals surface area contributed by atoms with Gasteiger partial charge in [-0.05, 0) is 17.7 Å². The number of para-hydroxylation sites is 2. The van der Waals surface area contributed by atoms with Crippen molar-refractivity contribution in [2.45, 2.75) is 25.3 Å². The van der Waals surface area contributed by atoms with Crippen LogP contribution in [0.3, 0.4) is 0 Å². The maximum Gasteiger partial charge on any atom is 0.225 e. The minimum absolute atomic E-state index is 0.0795. The van der Waals surface area contributed by atoms with E-state index in [9.17, 15) is 4.79 Å². The first-order valence-corrected chi connectivity index (χ1v) is 8.78. The predicted octanol–water partition coefficient (Wildman–Crippen LogP) is 3.06. The second-order valence-electron chi connectivity index (χ2n) is 6.46. The third-order valence-corrected chi connectivity index (χ3v) is 4.67. The largest absolute Gasteiger partial charge is 0.490 e. The molecular weight excluding hydrogens is 316 g/mol. The van der Waals surface area contributed by atoms with Crippen LogP contribution in [0.5, 0.6) is 11.5 Å². The normalized spacial score (nSPS) is 18.9. The van der Waals surface area contributed by atoms with Crippen LogP contribution in [0, 0.1) is 0 Å². The molecule has 0 spiro atoms. The van der Waals surface area contributed by atoms with Gasteiger partial charge in [-0.25, -0.2) is 0 Å². The molecule has 2 aromatic carbocycles. The molecule has 2 heterocycles. The number of rotatable bonds is 4. The van der Waals surface area contributed by atoms with Gasteiger partial charge in [-0.15, -0.1) is 0 Å². The van der Waals surface area contributed by atoms with E-state index in [1.807, 2.05) is 30.3 Å². The number of carbonyl (C=O) groups is 1. The fourth-order valence-corrected chi connectivity index (χ4v) is 3.46.